The minimum Gasteiger partial charge on any atom is -0.258 e. The maximum absolute atomic E-state index is 12.5. The molecule has 0 aliphatic heterocycles. The first-order chi connectivity index (χ1) is 12.2. The number of para-hydroxylation sites is 1. The van der Waals surface area contributed by atoms with E-state index in [0.717, 1.165) is 17.7 Å². The molecule has 2 aromatic rings. The molecule has 26 heavy (non-hydrogen) atoms. The third kappa shape index (κ3) is 4.84. The van der Waals surface area contributed by atoms with Gasteiger partial charge in [-0.3, -0.25) is 14.3 Å². The number of nitrogens with zero attached hydrogens (tertiary/aromatic N) is 1. The number of hydrogen-bond acceptors (Lipinski definition) is 5. The van der Waals surface area contributed by atoms with E-state index < -0.39 is 42.4 Å². The first-order valence-electron chi connectivity index (χ1n) is 7.58. The number of sulfonamides is 1. The van der Waals surface area contributed by atoms with E-state index in [4.69, 9.17) is 0 Å². The molecule has 0 saturated heterocycles. The van der Waals surface area contributed by atoms with Gasteiger partial charge in [0.05, 0.1) is 21.8 Å². The van der Waals surface area contributed by atoms with Crippen LogP contribution in [0.25, 0.3) is 0 Å². The predicted octanol–water partition coefficient (Wildman–Crippen LogP) is 2.54. The Hall–Kier alpha value is -2.36. The summed E-state index contributed by atoms with van der Waals surface area (Å²) in [6.07, 6.45) is 1.32. The number of nitro groups is 1. The van der Waals surface area contributed by atoms with Gasteiger partial charge in [0.1, 0.15) is 0 Å². The van der Waals surface area contributed by atoms with Gasteiger partial charge in [0, 0.05) is 16.7 Å². The fourth-order valence-corrected chi connectivity index (χ4v) is 4.86. The molecule has 0 unspecified atom stereocenters. The minimum absolute atomic E-state index is 0.0353. The number of hydrogen-bond donors (Lipinski definition) is 1. The Balaban J connectivity index is 2.21. The molecular weight excluding hydrogens is 376 g/mol. The molecule has 0 bridgehead atoms. The Bertz CT molecular complexity index is 940. The minimum atomic E-state index is -4.18. The van der Waals surface area contributed by atoms with Crippen LogP contribution in [0.2, 0.25) is 0 Å². The molecule has 0 amide bonds. The van der Waals surface area contributed by atoms with Gasteiger partial charge >= 0.3 is 0 Å². The molecule has 0 aliphatic rings. The number of aryl methyl sites for hydroxylation is 1. The fraction of sp³-hybridized carbons (Fsp3) is 0.176. The van der Waals surface area contributed by atoms with Crippen LogP contribution in [0.4, 0.5) is 5.69 Å². The third-order valence-corrected chi connectivity index (χ3v) is 6.55. The van der Waals surface area contributed by atoms with Gasteiger partial charge < -0.3 is 0 Å². The first kappa shape index (κ1) is 20.0. The van der Waals surface area contributed by atoms with Crippen molar-refractivity contribution in [2.75, 3.05) is 5.75 Å². The zero-order valence-electron chi connectivity index (χ0n) is 14.0. The summed E-state index contributed by atoms with van der Waals surface area (Å²) in [6.45, 7) is 5.46. The van der Waals surface area contributed by atoms with Crippen LogP contribution in [0.1, 0.15) is 5.56 Å². The van der Waals surface area contributed by atoms with Crippen LogP contribution >= 0.6 is 0 Å². The summed E-state index contributed by atoms with van der Waals surface area (Å²) < 4.78 is 39.8. The summed E-state index contributed by atoms with van der Waals surface area (Å²) in [6, 6.07) is 11.2. The van der Waals surface area contributed by atoms with E-state index in [1.165, 1.54) is 18.2 Å². The second-order valence-electron chi connectivity index (χ2n) is 5.51. The number of nitrogens with one attached hydrogen (secondary N) is 1. The second kappa shape index (κ2) is 8.35. The zero-order chi connectivity index (χ0) is 19.3. The lowest BCUT2D eigenvalue weighted by Crippen LogP contribution is -2.37. The van der Waals surface area contributed by atoms with E-state index in [1.807, 2.05) is 19.1 Å². The summed E-state index contributed by atoms with van der Waals surface area (Å²) in [5, 5.41) is 11.1. The normalized spacial score (nSPS) is 13.7. The topological polar surface area (TPSA) is 106 Å². The molecule has 2 aromatic carbocycles. The van der Waals surface area contributed by atoms with Crippen LogP contribution in [0.3, 0.4) is 0 Å². The lowest BCUT2D eigenvalue weighted by atomic mass is 10.2. The van der Waals surface area contributed by atoms with Crippen LogP contribution in [0.5, 0.6) is 0 Å². The van der Waals surface area contributed by atoms with Crippen LogP contribution in [0.15, 0.2) is 71.0 Å². The van der Waals surface area contributed by atoms with Gasteiger partial charge in [-0.15, -0.1) is 6.58 Å². The molecule has 9 heteroatoms. The molecule has 0 radical (unpaired) electrons. The van der Waals surface area contributed by atoms with Gasteiger partial charge in [0.25, 0.3) is 5.69 Å². The highest BCUT2D eigenvalue weighted by atomic mass is 32.2. The van der Waals surface area contributed by atoms with Gasteiger partial charge in [-0.2, -0.15) is 0 Å². The lowest BCUT2D eigenvalue weighted by molar-refractivity contribution is -0.387. The summed E-state index contributed by atoms with van der Waals surface area (Å²) in [5.41, 5.74) is 0.491. The maximum Gasteiger partial charge on any atom is 0.289 e. The Morgan fingerprint density at radius 2 is 1.85 bits per heavy atom. The van der Waals surface area contributed by atoms with Crippen molar-refractivity contribution in [2.45, 2.75) is 22.8 Å². The van der Waals surface area contributed by atoms with Crippen LogP contribution in [-0.4, -0.2) is 29.3 Å². The van der Waals surface area contributed by atoms with Crippen molar-refractivity contribution >= 4 is 26.5 Å². The SMILES string of the molecule is C=C[C@H](C[S@](=O)c1ccc(C)cc1)NS(=O)(=O)c1ccccc1[N+](=O)[O-]. The van der Waals surface area contributed by atoms with Crippen molar-refractivity contribution in [2.24, 2.45) is 0 Å². The van der Waals surface area contributed by atoms with Gasteiger partial charge in [-0.1, -0.05) is 35.9 Å². The summed E-state index contributed by atoms with van der Waals surface area (Å²) in [4.78, 5) is 10.4. The predicted molar refractivity (Wildman–Crippen MR) is 99.9 cm³/mol. The van der Waals surface area contributed by atoms with Gasteiger partial charge in [0.2, 0.25) is 10.0 Å². The van der Waals surface area contributed by atoms with Crippen molar-refractivity contribution in [3.63, 3.8) is 0 Å². The zero-order valence-corrected chi connectivity index (χ0v) is 15.6. The van der Waals surface area contributed by atoms with Crippen molar-refractivity contribution in [1.29, 1.82) is 0 Å². The van der Waals surface area contributed by atoms with E-state index in [1.54, 1.807) is 12.1 Å². The molecule has 7 nitrogen and oxygen atoms in total. The molecule has 138 valence electrons. The molecular formula is C17H18N2O5S2. The maximum atomic E-state index is 12.5. The molecule has 0 heterocycles. The van der Waals surface area contributed by atoms with Crippen LogP contribution in [0, 0.1) is 17.0 Å². The highest BCUT2D eigenvalue weighted by Gasteiger charge is 2.27. The van der Waals surface area contributed by atoms with Gasteiger partial charge in [-0.25, -0.2) is 13.1 Å². The molecule has 1 N–H and O–H groups in total. The smallest absolute Gasteiger partial charge is 0.258 e. The largest absolute Gasteiger partial charge is 0.289 e. The Morgan fingerprint density at radius 1 is 1.23 bits per heavy atom. The molecule has 0 spiro atoms. The lowest BCUT2D eigenvalue weighted by Gasteiger charge is -2.15. The highest BCUT2D eigenvalue weighted by molar-refractivity contribution is 7.89. The quantitative estimate of drug-likeness (QED) is 0.421. The molecule has 2 rings (SSSR count). The fourth-order valence-electron chi connectivity index (χ4n) is 2.20. The number of benzene rings is 2. The highest BCUT2D eigenvalue weighted by Crippen LogP contribution is 2.23. The monoisotopic (exact) mass is 394 g/mol. The van der Waals surface area contributed by atoms with Gasteiger partial charge in [0.15, 0.2) is 4.90 Å². The van der Waals surface area contributed by atoms with Crippen molar-refractivity contribution in [3.8, 4) is 0 Å². The van der Waals surface area contributed by atoms with Gasteiger partial charge in [-0.05, 0) is 25.1 Å². The Labute approximate surface area is 154 Å². The van der Waals surface area contributed by atoms with E-state index >= 15 is 0 Å². The van der Waals surface area contributed by atoms with Crippen LogP contribution < -0.4 is 4.72 Å². The van der Waals surface area contributed by atoms with Crippen molar-refractivity contribution < 1.29 is 17.6 Å². The average Bonchev–Trinajstić information content (AvgIpc) is 2.61. The Kier molecular flexibility index (Phi) is 6.41. The molecule has 0 aromatic heterocycles. The van der Waals surface area contributed by atoms with E-state index in [2.05, 4.69) is 11.3 Å². The van der Waals surface area contributed by atoms with E-state index in [0.29, 0.717) is 4.90 Å². The van der Waals surface area contributed by atoms with Crippen molar-refractivity contribution in [3.05, 3.63) is 76.9 Å². The third-order valence-electron chi connectivity index (χ3n) is 3.56. The molecule has 2 atom stereocenters. The first-order valence-corrected chi connectivity index (χ1v) is 10.4. The average molecular weight is 394 g/mol. The Morgan fingerprint density at radius 3 is 2.42 bits per heavy atom. The molecule has 0 fully saturated rings. The summed E-state index contributed by atoms with van der Waals surface area (Å²) >= 11 is 0. The van der Waals surface area contributed by atoms with E-state index in [-0.39, 0.29) is 5.75 Å². The molecule has 0 aliphatic carbocycles. The number of nitro benzene ring substituents is 1. The second-order valence-corrected chi connectivity index (χ2v) is 8.69. The van der Waals surface area contributed by atoms with Crippen LogP contribution in [-0.2, 0) is 20.8 Å². The summed E-state index contributed by atoms with van der Waals surface area (Å²) in [5.74, 6) is -0.0353. The summed E-state index contributed by atoms with van der Waals surface area (Å²) in [7, 11) is -5.64. The number of rotatable bonds is 8. The molecule has 0 saturated carbocycles. The standard InChI is InChI=1S/C17H18N2O5S2/c1-3-14(12-25(22)15-10-8-13(2)9-11-15)18-26(23,24)17-7-5-4-6-16(17)19(20)21/h3-11,14,18H,1,12H2,2H3/t14-,25+/m1/s1. The van der Waals surface area contributed by atoms with E-state index in [9.17, 15) is 22.7 Å². The van der Waals surface area contributed by atoms with Crippen molar-refractivity contribution in [1.82, 2.24) is 4.72 Å².